The molecule has 3 nitrogen and oxygen atoms in total. The Morgan fingerprint density at radius 1 is 0.806 bits per heavy atom. The highest BCUT2D eigenvalue weighted by atomic mass is 32.2. The Kier molecular flexibility index (Phi) is 11.5. The van der Waals surface area contributed by atoms with Gasteiger partial charge in [-0.3, -0.25) is 4.79 Å². The van der Waals surface area contributed by atoms with Gasteiger partial charge >= 0.3 is 0 Å². The summed E-state index contributed by atoms with van der Waals surface area (Å²) < 4.78 is 11.9. The second-order valence-electron chi connectivity index (χ2n) is 8.01. The maximum atomic E-state index is 14.3. The summed E-state index contributed by atoms with van der Waals surface area (Å²) in [5.41, 5.74) is 5.65. The van der Waals surface area contributed by atoms with E-state index in [2.05, 4.69) is 12.1 Å². The number of carbonyl (C=O) groups excluding carboxylic acids is 1. The van der Waals surface area contributed by atoms with Crippen LogP contribution in [-0.4, -0.2) is 27.8 Å². The van der Waals surface area contributed by atoms with Crippen LogP contribution in [0.3, 0.4) is 0 Å². The van der Waals surface area contributed by atoms with Crippen molar-refractivity contribution in [3.05, 3.63) is 106 Å². The zero-order valence-electron chi connectivity index (χ0n) is 20.7. The van der Waals surface area contributed by atoms with Crippen LogP contribution in [0.15, 0.2) is 72.8 Å². The summed E-state index contributed by atoms with van der Waals surface area (Å²) in [6, 6.07) is 24.1. The summed E-state index contributed by atoms with van der Waals surface area (Å²) in [6.07, 6.45) is 0. The van der Waals surface area contributed by atoms with Crippen molar-refractivity contribution >= 4 is 62.5 Å². The molecule has 0 saturated carbocycles. The molecule has 0 aliphatic rings. The summed E-state index contributed by atoms with van der Waals surface area (Å²) in [5, 5.41) is 0. The number of carbonyl (C=O) groups is 1. The molecule has 3 aromatic rings. The lowest BCUT2D eigenvalue weighted by Gasteiger charge is -2.21. The van der Waals surface area contributed by atoms with Gasteiger partial charge in [-0.25, -0.2) is 0 Å². The van der Waals surface area contributed by atoms with Gasteiger partial charge in [0.1, 0.15) is 0 Å². The summed E-state index contributed by atoms with van der Waals surface area (Å²) in [5.74, 6) is 0.889. The fourth-order valence-corrected chi connectivity index (χ4v) is 5.96. The van der Waals surface area contributed by atoms with E-state index < -0.39 is 5.92 Å². The number of thioether (sulfide) groups is 2. The van der Waals surface area contributed by atoms with E-state index in [1.807, 2.05) is 81.4 Å². The second kappa shape index (κ2) is 14.5. The molecule has 188 valence electrons. The summed E-state index contributed by atoms with van der Waals surface area (Å²) in [4.78, 5) is 14.3. The van der Waals surface area contributed by atoms with Gasteiger partial charge in [-0.1, -0.05) is 96.3 Å². The number of benzene rings is 3. The monoisotopic (exact) mass is 554 g/mol. The van der Waals surface area contributed by atoms with Crippen molar-refractivity contribution < 1.29 is 14.3 Å². The number of hydrogen-bond acceptors (Lipinski definition) is 7. The fraction of sp³-hybridized carbons (Fsp3) is 0.276. The lowest BCUT2D eigenvalue weighted by molar-refractivity contribution is 0.0972. The van der Waals surface area contributed by atoms with E-state index in [9.17, 15) is 4.79 Å². The van der Waals surface area contributed by atoms with Gasteiger partial charge < -0.3 is 9.47 Å². The van der Waals surface area contributed by atoms with E-state index in [1.54, 1.807) is 0 Å². The average Bonchev–Trinajstić information content (AvgIpc) is 2.88. The molecule has 3 aromatic carbocycles. The fourth-order valence-electron chi connectivity index (χ4n) is 4.02. The minimum Gasteiger partial charge on any atom is -0.479 e. The van der Waals surface area contributed by atoms with Crippen molar-refractivity contribution in [3.8, 4) is 0 Å². The average molecular weight is 555 g/mol. The van der Waals surface area contributed by atoms with E-state index >= 15 is 0 Å². The maximum absolute atomic E-state index is 14.3. The summed E-state index contributed by atoms with van der Waals surface area (Å²) in [7, 11) is 0. The Labute approximate surface area is 233 Å². The van der Waals surface area contributed by atoms with Crippen LogP contribution >= 0.6 is 48.0 Å². The molecule has 0 saturated heterocycles. The molecule has 0 spiro atoms. The van der Waals surface area contributed by atoms with Crippen molar-refractivity contribution in [2.75, 3.05) is 13.2 Å². The second-order valence-corrected chi connectivity index (χ2v) is 11.2. The van der Waals surface area contributed by atoms with E-state index in [4.69, 9.17) is 33.9 Å². The Balaban J connectivity index is 2.03. The van der Waals surface area contributed by atoms with Gasteiger partial charge in [0.05, 0.1) is 19.1 Å². The third-order valence-corrected chi connectivity index (χ3v) is 8.06. The molecule has 0 atom stereocenters. The molecule has 0 radical (unpaired) electrons. The minimum absolute atomic E-state index is 0.0758. The van der Waals surface area contributed by atoms with E-state index in [0.717, 1.165) is 33.4 Å². The molecule has 0 N–H and O–H groups in total. The van der Waals surface area contributed by atoms with Crippen LogP contribution in [0.4, 0.5) is 0 Å². The van der Waals surface area contributed by atoms with Gasteiger partial charge in [-0.05, 0) is 73.0 Å². The molecule has 7 heteroatoms. The Bertz CT molecular complexity index is 1140. The first-order chi connectivity index (χ1) is 17.4. The molecule has 0 unspecified atom stereocenters. The number of rotatable bonds is 10. The molecule has 0 aliphatic heterocycles. The summed E-state index contributed by atoms with van der Waals surface area (Å²) in [6.45, 7) is 6.91. The quantitative estimate of drug-likeness (QED) is 0.185. The van der Waals surface area contributed by atoms with Crippen molar-refractivity contribution in [1.82, 2.24) is 0 Å². The highest BCUT2D eigenvalue weighted by molar-refractivity contribution is 8.22. The van der Waals surface area contributed by atoms with Crippen LogP contribution in [-0.2, 0) is 21.0 Å². The predicted octanol–water partition coefficient (Wildman–Crippen LogP) is 8.12. The first-order valence-electron chi connectivity index (χ1n) is 11.8. The lowest BCUT2D eigenvalue weighted by Crippen LogP contribution is -2.18. The largest absolute Gasteiger partial charge is 0.479 e. The highest BCUT2D eigenvalue weighted by Crippen LogP contribution is 2.33. The first kappa shape index (κ1) is 28.4. The molecule has 36 heavy (non-hydrogen) atoms. The van der Waals surface area contributed by atoms with Crippen LogP contribution in [0.2, 0.25) is 0 Å². The zero-order chi connectivity index (χ0) is 25.9. The molecular weight excluding hydrogens is 525 g/mol. The Hall–Kier alpha value is -2.19. The number of thiocarbonyl (C=S) groups is 2. The molecule has 0 heterocycles. The van der Waals surface area contributed by atoms with Crippen LogP contribution in [0.1, 0.15) is 57.9 Å². The molecule has 0 aromatic heterocycles. The third kappa shape index (κ3) is 7.90. The SMILES string of the molecule is CCOC(=S)SCc1cc(C)c(C(=O)C(c2ccccc2)c2ccccc2)c(CSC(=S)OCC)c1. The number of ether oxygens (including phenoxy) is 2. The van der Waals surface area contributed by atoms with E-state index in [1.165, 1.54) is 23.5 Å². The van der Waals surface area contributed by atoms with Crippen molar-refractivity contribution in [3.63, 3.8) is 0 Å². The van der Waals surface area contributed by atoms with Gasteiger partial charge in [-0.15, -0.1) is 0 Å². The topological polar surface area (TPSA) is 35.5 Å². The van der Waals surface area contributed by atoms with Gasteiger partial charge in [0.25, 0.3) is 0 Å². The van der Waals surface area contributed by atoms with Crippen LogP contribution in [0, 0.1) is 6.92 Å². The zero-order valence-corrected chi connectivity index (χ0v) is 24.0. The van der Waals surface area contributed by atoms with E-state index in [-0.39, 0.29) is 5.78 Å². The number of hydrogen-bond donors (Lipinski definition) is 0. The van der Waals surface area contributed by atoms with Gasteiger partial charge in [-0.2, -0.15) is 0 Å². The molecule has 0 fully saturated rings. The lowest BCUT2D eigenvalue weighted by atomic mass is 9.82. The highest BCUT2D eigenvalue weighted by Gasteiger charge is 2.27. The molecule has 0 aliphatic carbocycles. The molecule has 0 bridgehead atoms. The van der Waals surface area contributed by atoms with Crippen molar-refractivity contribution in [1.29, 1.82) is 0 Å². The van der Waals surface area contributed by atoms with Crippen LogP contribution in [0.5, 0.6) is 0 Å². The Morgan fingerprint density at radius 3 is 1.81 bits per heavy atom. The standard InChI is InChI=1S/C29H30O3S4/c1-4-31-28(33)35-18-21-16-20(3)25(24(17-21)19-36-29(34)32-5-2)27(30)26(22-12-8-6-9-13-22)23-14-10-7-11-15-23/h6-17,26H,4-5,18-19H2,1-3H3. The normalized spacial score (nSPS) is 10.8. The number of aryl methyl sites for hydroxylation is 1. The van der Waals surface area contributed by atoms with Gasteiger partial charge in [0, 0.05) is 17.1 Å². The maximum Gasteiger partial charge on any atom is 0.220 e. The number of ketones is 1. The van der Waals surface area contributed by atoms with Crippen LogP contribution in [0.25, 0.3) is 0 Å². The predicted molar refractivity (Wildman–Crippen MR) is 161 cm³/mol. The summed E-state index contributed by atoms with van der Waals surface area (Å²) >= 11 is 13.6. The van der Waals surface area contributed by atoms with Crippen molar-refractivity contribution in [2.24, 2.45) is 0 Å². The minimum atomic E-state index is -0.403. The Morgan fingerprint density at radius 2 is 1.31 bits per heavy atom. The van der Waals surface area contributed by atoms with Crippen molar-refractivity contribution in [2.45, 2.75) is 38.2 Å². The molecule has 0 amide bonds. The number of Topliss-reactive ketones (excluding diaryl/α,β-unsaturated/α-hetero) is 1. The smallest absolute Gasteiger partial charge is 0.220 e. The molecular formula is C29H30O3S4. The molecule has 3 rings (SSSR count). The first-order valence-corrected chi connectivity index (χ1v) is 14.6. The third-order valence-electron chi connectivity index (χ3n) is 5.48. The van der Waals surface area contributed by atoms with E-state index in [0.29, 0.717) is 33.5 Å². The van der Waals surface area contributed by atoms with Gasteiger partial charge in [0.15, 0.2) is 5.78 Å². The van der Waals surface area contributed by atoms with Gasteiger partial charge in [0.2, 0.25) is 8.77 Å². The van der Waals surface area contributed by atoms with Crippen LogP contribution < -0.4 is 0 Å².